The Kier molecular flexibility index (Phi) is 14.3. The Morgan fingerprint density at radius 2 is 1.90 bits per heavy atom. The summed E-state index contributed by atoms with van der Waals surface area (Å²) in [4.78, 5) is 48.8. The third-order valence-electron chi connectivity index (χ3n) is 4.75. The van der Waals surface area contributed by atoms with Crippen LogP contribution in [0.15, 0.2) is 0 Å². The van der Waals surface area contributed by atoms with Gasteiger partial charge in [-0.05, 0) is 7.05 Å². The van der Waals surface area contributed by atoms with Gasteiger partial charge in [-0.2, -0.15) is 0 Å². The van der Waals surface area contributed by atoms with Gasteiger partial charge >= 0.3 is 168 Å². The van der Waals surface area contributed by atoms with Crippen LogP contribution >= 0.6 is 11.8 Å². The number of hydrogen-bond acceptors (Lipinski definition) is 8. The van der Waals surface area contributed by atoms with Crippen molar-refractivity contribution in [3.05, 3.63) is 0 Å². The van der Waals surface area contributed by atoms with Gasteiger partial charge in [-0.3, -0.25) is 4.79 Å². The number of carbonyl (C=O) groups excluding carboxylic acids is 3. The first-order valence-electron chi connectivity index (χ1n) is 10.4. The summed E-state index contributed by atoms with van der Waals surface area (Å²) in [5.41, 5.74) is 0. The van der Waals surface area contributed by atoms with Crippen LogP contribution in [0.5, 0.6) is 0 Å². The Bertz CT molecular complexity index is 581. The van der Waals surface area contributed by atoms with Gasteiger partial charge < -0.3 is 10.4 Å². The third-order valence-corrected chi connectivity index (χ3v) is 7.84. The fraction of sp³-hybridized carbons (Fsp3) is 0.789. The van der Waals surface area contributed by atoms with Crippen LogP contribution in [0.1, 0.15) is 44.9 Å². The zero-order valence-electron chi connectivity index (χ0n) is 17.8. The third kappa shape index (κ3) is 10.4. The monoisotopic (exact) mass is 505 g/mol. The summed E-state index contributed by atoms with van der Waals surface area (Å²) in [6.45, 7) is 2.24. The number of likely N-dealkylation sites (tertiary alicyclic amines) is 1. The second-order valence-corrected chi connectivity index (χ2v) is 10.5. The molecule has 0 bridgehead atoms. The standard InChI is InChI=1S/C19H34AsN4O5S/c1-21-9-5-6-10-23-20-16(25)8-4-3-7-11-24-17(26)12-15(18(24)27)30-13-14(22-2)19(28)29/h14-15,21-23H,3-13H2,1-2H3,(H,28,29). The second kappa shape index (κ2) is 15.8. The predicted molar refractivity (Wildman–Crippen MR) is 118 cm³/mol. The van der Waals surface area contributed by atoms with Crippen molar-refractivity contribution in [3.8, 4) is 0 Å². The Morgan fingerprint density at radius 3 is 2.57 bits per heavy atom. The van der Waals surface area contributed by atoms with Crippen LogP contribution in [0.2, 0.25) is 0 Å². The van der Waals surface area contributed by atoms with Gasteiger partial charge in [0.1, 0.15) is 0 Å². The summed E-state index contributed by atoms with van der Waals surface area (Å²) in [5, 5.41) is 14.3. The molecule has 1 saturated heterocycles. The van der Waals surface area contributed by atoms with E-state index >= 15 is 0 Å². The molecule has 2 amide bonds. The number of aliphatic carboxylic acids is 1. The Hall–Kier alpha value is -0.932. The number of likely N-dealkylation sites (N-methyl/N-ethyl adjacent to an activating group) is 1. The Labute approximate surface area is 189 Å². The molecule has 30 heavy (non-hydrogen) atoms. The van der Waals surface area contributed by atoms with E-state index in [4.69, 9.17) is 5.11 Å². The van der Waals surface area contributed by atoms with Gasteiger partial charge in [0.2, 0.25) is 0 Å². The van der Waals surface area contributed by atoms with Crippen molar-refractivity contribution in [1.29, 1.82) is 0 Å². The average Bonchev–Trinajstić information content (AvgIpc) is 2.98. The molecule has 1 radical (unpaired) electrons. The molecule has 0 aromatic rings. The molecule has 1 aliphatic rings. The second-order valence-electron chi connectivity index (χ2n) is 7.12. The van der Waals surface area contributed by atoms with Gasteiger partial charge in [-0.15, -0.1) is 0 Å². The SMILES string of the molecule is CNCCCCN[As]C(=O)CCCCCN1C(=O)CC(SCC(NC)C(=O)O)C1=O. The van der Waals surface area contributed by atoms with Crippen LogP contribution in [-0.2, 0) is 19.2 Å². The maximum atomic E-state index is 12.4. The van der Waals surface area contributed by atoms with Crippen molar-refractivity contribution in [2.45, 2.75) is 56.2 Å². The normalized spacial score (nSPS) is 17.9. The topological polar surface area (TPSA) is 128 Å². The van der Waals surface area contributed by atoms with Crippen molar-refractivity contribution in [3.63, 3.8) is 0 Å². The number of rotatable bonds is 18. The molecule has 2 atom stereocenters. The minimum absolute atomic E-state index is 0.127. The van der Waals surface area contributed by atoms with E-state index < -0.39 is 33.2 Å². The van der Waals surface area contributed by atoms with Crippen molar-refractivity contribution in [2.75, 3.05) is 39.5 Å². The van der Waals surface area contributed by atoms with E-state index in [-0.39, 0.29) is 28.6 Å². The Morgan fingerprint density at radius 1 is 1.17 bits per heavy atom. The van der Waals surface area contributed by atoms with Crippen molar-refractivity contribution >= 4 is 50.1 Å². The van der Waals surface area contributed by atoms with Gasteiger partial charge in [-0.1, -0.05) is 0 Å². The number of imide groups is 1. The van der Waals surface area contributed by atoms with E-state index in [0.717, 1.165) is 38.8 Å². The number of unbranched alkanes of at least 4 members (excludes halogenated alkanes) is 3. The van der Waals surface area contributed by atoms with Crippen LogP contribution in [0.3, 0.4) is 0 Å². The number of thioether (sulfide) groups is 1. The van der Waals surface area contributed by atoms with Gasteiger partial charge in [0.15, 0.2) is 0 Å². The van der Waals surface area contributed by atoms with Crippen LogP contribution < -0.4 is 14.9 Å². The van der Waals surface area contributed by atoms with E-state index in [1.165, 1.54) is 16.7 Å². The first kappa shape index (κ1) is 27.1. The summed E-state index contributed by atoms with van der Waals surface area (Å²) in [6, 6.07) is -0.741. The zero-order chi connectivity index (χ0) is 22.4. The molecule has 1 rings (SSSR count). The van der Waals surface area contributed by atoms with Crippen molar-refractivity contribution < 1.29 is 24.3 Å². The van der Waals surface area contributed by atoms with Crippen molar-refractivity contribution in [2.24, 2.45) is 0 Å². The first-order chi connectivity index (χ1) is 14.4. The predicted octanol–water partition coefficient (Wildman–Crippen LogP) is -0.185. The van der Waals surface area contributed by atoms with Crippen LogP contribution in [0.25, 0.3) is 0 Å². The fourth-order valence-corrected chi connectivity index (χ4v) is 5.70. The summed E-state index contributed by atoms with van der Waals surface area (Å²) < 4.78 is 3.53. The average molecular weight is 505 g/mol. The molecule has 0 spiro atoms. The molecule has 0 saturated carbocycles. The minimum atomic E-state index is -0.973. The Balaban J connectivity index is 2.16. The molecule has 11 heteroatoms. The summed E-state index contributed by atoms with van der Waals surface area (Å²) >= 11 is 0.756. The van der Waals surface area contributed by atoms with Crippen LogP contribution in [0.4, 0.5) is 0 Å². The maximum absolute atomic E-state index is 12.4. The van der Waals surface area contributed by atoms with Gasteiger partial charge in [0.05, 0.1) is 0 Å². The molecular weight excluding hydrogens is 471 g/mol. The molecule has 9 nitrogen and oxygen atoms in total. The van der Waals surface area contributed by atoms with E-state index in [9.17, 15) is 19.2 Å². The van der Waals surface area contributed by atoms with E-state index in [0.29, 0.717) is 19.4 Å². The molecule has 4 N–H and O–H groups in total. The van der Waals surface area contributed by atoms with Crippen molar-refractivity contribution in [1.82, 2.24) is 19.8 Å². The summed E-state index contributed by atoms with van der Waals surface area (Å²) in [5.74, 6) is -1.16. The number of amides is 2. The van der Waals surface area contributed by atoms with Gasteiger partial charge in [-0.25, -0.2) is 0 Å². The first-order valence-corrected chi connectivity index (χ1v) is 13.3. The number of carboxylic acids is 1. The number of carbonyl (C=O) groups is 4. The van der Waals surface area contributed by atoms with E-state index in [1.54, 1.807) is 7.05 Å². The van der Waals surface area contributed by atoms with E-state index in [2.05, 4.69) is 14.9 Å². The fourth-order valence-electron chi connectivity index (χ4n) is 2.94. The number of carboxylic acid groups (broad SMARTS) is 1. The van der Waals surface area contributed by atoms with Gasteiger partial charge in [0, 0.05) is 0 Å². The molecule has 2 unspecified atom stereocenters. The molecular formula is C19H34AsN4O5S. The molecule has 0 aromatic carbocycles. The quantitative estimate of drug-likeness (QED) is 0.114. The number of nitrogens with one attached hydrogen (secondary N) is 3. The van der Waals surface area contributed by atoms with Crippen LogP contribution in [0, 0.1) is 0 Å². The molecule has 0 aliphatic carbocycles. The molecule has 1 aliphatic heterocycles. The molecule has 1 fully saturated rings. The number of hydrogen-bond donors (Lipinski definition) is 4. The summed E-state index contributed by atoms with van der Waals surface area (Å²) in [6.07, 6.45) is 5.09. The van der Waals surface area contributed by atoms with Gasteiger partial charge in [0.25, 0.3) is 0 Å². The van der Waals surface area contributed by atoms with Crippen LogP contribution in [-0.4, -0.2) is 99.1 Å². The molecule has 1 heterocycles. The number of nitrogens with zero attached hydrogens (tertiary/aromatic N) is 1. The molecule has 0 aromatic heterocycles. The molecule has 171 valence electrons. The summed E-state index contributed by atoms with van der Waals surface area (Å²) in [7, 11) is 3.48. The van der Waals surface area contributed by atoms with E-state index in [1.807, 2.05) is 7.05 Å². The zero-order valence-corrected chi connectivity index (χ0v) is 20.5.